The van der Waals surface area contributed by atoms with Gasteiger partial charge in [0.1, 0.15) is 0 Å². The van der Waals surface area contributed by atoms with Gasteiger partial charge in [0.15, 0.2) is 0 Å². The molecule has 80 valence electrons. The van der Waals surface area contributed by atoms with Crippen LogP contribution < -0.4 is 0 Å². The van der Waals surface area contributed by atoms with Crippen molar-refractivity contribution < 1.29 is 4.79 Å². The number of carbonyl (C=O) groups is 1. The maximum absolute atomic E-state index is 11.8. The van der Waals surface area contributed by atoms with Gasteiger partial charge in [-0.15, -0.1) is 0 Å². The van der Waals surface area contributed by atoms with Gasteiger partial charge in [-0.1, -0.05) is 20.3 Å². The van der Waals surface area contributed by atoms with Crippen molar-refractivity contribution in [2.75, 3.05) is 7.05 Å². The second-order valence-electron chi connectivity index (χ2n) is 5.55. The molecule has 2 fully saturated rings. The molecule has 1 spiro atoms. The van der Waals surface area contributed by atoms with E-state index in [0.29, 0.717) is 23.3 Å². The molecule has 1 amide bonds. The lowest BCUT2D eigenvalue weighted by molar-refractivity contribution is -0.145. The van der Waals surface area contributed by atoms with E-state index in [0.717, 1.165) is 6.42 Å². The lowest BCUT2D eigenvalue weighted by atomic mass is 9.60. The van der Waals surface area contributed by atoms with Crippen molar-refractivity contribution in [1.29, 1.82) is 0 Å². The summed E-state index contributed by atoms with van der Waals surface area (Å²) in [6.07, 6.45) is 5.97. The molecule has 1 saturated carbocycles. The zero-order valence-corrected chi connectivity index (χ0v) is 9.55. The van der Waals surface area contributed by atoms with Gasteiger partial charge in [-0.2, -0.15) is 0 Å². The molecule has 1 atom stereocenters. The van der Waals surface area contributed by atoms with Crippen LogP contribution >= 0.6 is 0 Å². The molecular formula is C12H21NO. The molecule has 1 saturated heterocycles. The van der Waals surface area contributed by atoms with Crippen LogP contribution in [0.1, 0.15) is 46.0 Å². The molecule has 0 aromatic carbocycles. The quantitative estimate of drug-likeness (QED) is 0.629. The smallest absolute Gasteiger partial charge is 0.223 e. The molecule has 0 N–H and O–H groups in total. The summed E-state index contributed by atoms with van der Waals surface area (Å²) in [6.45, 7) is 4.46. The lowest BCUT2D eigenvalue weighted by Crippen LogP contribution is -2.52. The number of hydrogen-bond donors (Lipinski definition) is 0. The first-order valence-electron chi connectivity index (χ1n) is 5.80. The van der Waals surface area contributed by atoms with Crippen LogP contribution in [0, 0.1) is 11.3 Å². The third-order valence-electron chi connectivity index (χ3n) is 4.24. The summed E-state index contributed by atoms with van der Waals surface area (Å²) in [5.74, 6) is 0.969. The highest BCUT2D eigenvalue weighted by Crippen LogP contribution is 2.51. The summed E-state index contributed by atoms with van der Waals surface area (Å²) in [7, 11) is 1.97. The van der Waals surface area contributed by atoms with Crippen molar-refractivity contribution in [3.8, 4) is 0 Å². The van der Waals surface area contributed by atoms with Gasteiger partial charge in [-0.3, -0.25) is 4.79 Å². The van der Waals surface area contributed by atoms with Gasteiger partial charge in [-0.05, 0) is 30.6 Å². The number of piperidine rings is 1. The van der Waals surface area contributed by atoms with E-state index in [1.165, 1.54) is 25.7 Å². The topological polar surface area (TPSA) is 20.3 Å². The summed E-state index contributed by atoms with van der Waals surface area (Å²) in [6, 6.07) is 0.483. The number of likely N-dealkylation sites (tertiary alicyclic amines) is 1. The summed E-state index contributed by atoms with van der Waals surface area (Å²) in [4.78, 5) is 13.8. The third-order valence-corrected chi connectivity index (χ3v) is 4.24. The molecule has 2 heteroatoms. The minimum atomic E-state index is 0.370. The fourth-order valence-corrected chi connectivity index (χ4v) is 3.02. The maximum Gasteiger partial charge on any atom is 0.223 e. The lowest BCUT2D eigenvalue weighted by Gasteiger charge is -2.51. The normalized spacial score (nSPS) is 31.0. The van der Waals surface area contributed by atoms with Crippen LogP contribution in [0.2, 0.25) is 0 Å². The highest BCUT2D eigenvalue weighted by molar-refractivity contribution is 5.78. The Kier molecular flexibility index (Phi) is 2.32. The van der Waals surface area contributed by atoms with Crippen molar-refractivity contribution in [3.63, 3.8) is 0 Å². The van der Waals surface area contributed by atoms with Crippen LogP contribution in [-0.4, -0.2) is 23.9 Å². The molecule has 2 rings (SSSR count). The summed E-state index contributed by atoms with van der Waals surface area (Å²) in [5, 5.41) is 0. The first-order valence-corrected chi connectivity index (χ1v) is 5.80. The van der Waals surface area contributed by atoms with Gasteiger partial charge in [0.25, 0.3) is 0 Å². The van der Waals surface area contributed by atoms with E-state index in [-0.39, 0.29) is 0 Å². The number of carbonyl (C=O) groups excluding carboxylic acids is 1. The Hall–Kier alpha value is -0.530. The standard InChI is InChI=1S/C12H21NO/c1-9(2)10-7-12(5-4-6-12)8-11(14)13(10)3/h9-10H,4-8H2,1-3H3. The van der Waals surface area contributed by atoms with Gasteiger partial charge in [0.2, 0.25) is 5.91 Å². The first kappa shape index (κ1) is 10.0. The highest BCUT2D eigenvalue weighted by Gasteiger charge is 2.46. The Labute approximate surface area is 86.7 Å². The molecule has 0 radical (unpaired) electrons. The molecule has 1 heterocycles. The first-order chi connectivity index (χ1) is 6.54. The fraction of sp³-hybridized carbons (Fsp3) is 0.917. The number of rotatable bonds is 1. The van der Waals surface area contributed by atoms with Gasteiger partial charge < -0.3 is 4.90 Å². The van der Waals surface area contributed by atoms with E-state index < -0.39 is 0 Å². The Morgan fingerprint density at radius 2 is 2.07 bits per heavy atom. The van der Waals surface area contributed by atoms with Crippen LogP contribution in [0.4, 0.5) is 0 Å². The predicted molar refractivity (Wildman–Crippen MR) is 56.9 cm³/mol. The van der Waals surface area contributed by atoms with Crippen LogP contribution in [0.3, 0.4) is 0 Å². The average Bonchev–Trinajstić information content (AvgIpc) is 2.06. The molecule has 2 aliphatic rings. The zero-order chi connectivity index (χ0) is 10.3. The Morgan fingerprint density at radius 1 is 1.43 bits per heavy atom. The molecule has 0 aromatic heterocycles. The van der Waals surface area contributed by atoms with Crippen molar-refractivity contribution >= 4 is 5.91 Å². The zero-order valence-electron chi connectivity index (χ0n) is 9.55. The van der Waals surface area contributed by atoms with Crippen LogP contribution in [-0.2, 0) is 4.79 Å². The Bertz CT molecular complexity index is 243. The molecule has 1 aliphatic heterocycles. The summed E-state index contributed by atoms with van der Waals surface area (Å²) < 4.78 is 0. The summed E-state index contributed by atoms with van der Waals surface area (Å²) in [5.41, 5.74) is 0.415. The van der Waals surface area contributed by atoms with E-state index in [1.54, 1.807) is 0 Å². The minimum Gasteiger partial charge on any atom is -0.342 e. The molecule has 1 unspecified atom stereocenters. The van der Waals surface area contributed by atoms with Crippen LogP contribution in [0.5, 0.6) is 0 Å². The van der Waals surface area contributed by atoms with Crippen LogP contribution in [0.25, 0.3) is 0 Å². The molecule has 2 nitrogen and oxygen atoms in total. The SMILES string of the molecule is CC(C)C1CC2(CCC2)CC(=O)N1C. The molecular weight excluding hydrogens is 174 g/mol. The number of nitrogens with zero attached hydrogens (tertiary/aromatic N) is 1. The van der Waals surface area contributed by atoms with Crippen LogP contribution in [0.15, 0.2) is 0 Å². The monoisotopic (exact) mass is 195 g/mol. The predicted octanol–water partition coefficient (Wildman–Crippen LogP) is 2.43. The number of hydrogen-bond acceptors (Lipinski definition) is 1. The maximum atomic E-state index is 11.8. The second-order valence-corrected chi connectivity index (χ2v) is 5.55. The minimum absolute atomic E-state index is 0.370. The van der Waals surface area contributed by atoms with E-state index in [4.69, 9.17) is 0 Å². The molecule has 0 bridgehead atoms. The van der Waals surface area contributed by atoms with Gasteiger partial charge in [0, 0.05) is 19.5 Å². The van der Waals surface area contributed by atoms with Crippen molar-refractivity contribution in [2.24, 2.45) is 11.3 Å². The molecule has 0 aromatic rings. The Balaban J connectivity index is 2.13. The van der Waals surface area contributed by atoms with Crippen molar-refractivity contribution in [1.82, 2.24) is 4.90 Å². The third kappa shape index (κ3) is 1.45. The van der Waals surface area contributed by atoms with Gasteiger partial charge >= 0.3 is 0 Å². The second kappa shape index (κ2) is 3.25. The number of amides is 1. The largest absolute Gasteiger partial charge is 0.342 e. The summed E-state index contributed by atoms with van der Waals surface area (Å²) >= 11 is 0. The Morgan fingerprint density at radius 3 is 2.50 bits per heavy atom. The van der Waals surface area contributed by atoms with E-state index in [2.05, 4.69) is 13.8 Å². The average molecular weight is 195 g/mol. The van der Waals surface area contributed by atoms with Gasteiger partial charge in [-0.25, -0.2) is 0 Å². The molecule has 1 aliphatic carbocycles. The van der Waals surface area contributed by atoms with E-state index in [9.17, 15) is 4.79 Å². The fourth-order valence-electron chi connectivity index (χ4n) is 3.02. The van der Waals surface area contributed by atoms with E-state index >= 15 is 0 Å². The van der Waals surface area contributed by atoms with Crippen molar-refractivity contribution in [2.45, 2.75) is 52.0 Å². The van der Waals surface area contributed by atoms with Gasteiger partial charge in [0.05, 0.1) is 0 Å². The van der Waals surface area contributed by atoms with Crippen molar-refractivity contribution in [3.05, 3.63) is 0 Å². The highest BCUT2D eigenvalue weighted by atomic mass is 16.2. The van der Waals surface area contributed by atoms with E-state index in [1.807, 2.05) is 11.9 Å². The molecule has 14 heavy (non-hydrogen) atoms.